The van der Waals surface area contributed by atoms with Crippen molar-refractivity contribution in [3.05, 3.63) is 78.7 Å². The van der Waals surface area contributed by atoms with E-state index in [1.165, 1.54) is 24.0 Å². The molecule has 3 aromatic rings. The lowest BCUT2D eigenvalue weighted by Crippen LogP contribution is -2.34. The fourth-order valence-electron chi connectivity index (χ4n) is 3.82. The predicted octanol–water partition coefficient (Wildman–Crippen LogP) is 3.98. The molecular weight excluding hydrogens is 360 g/mol. The molecule has 0 amide bonds. The third-order valence-electron chi connectivity index (χ3n) is 5.48. The Morgan fingerprint density at radius 2 is 1.83 bits per heavy atom. The van der Waals surface area contributed by atoms with Crippen LogP contribution in [0, 0.1) is 0 Å². The quantitative estimate of drug-likeness (QED) is 0.666. The lowest BCUT2D eigenvalue weighted by molar-refractivity contribution is 0.491. The van der Waals surface area contributed by atoms with Gasteiger partial charge in [-0.15, -0.1) is 10.2 Å². The number of aromatic nitrogens is 4. The Morgan fingerprint density at radius 1 is 1.00 bits per heavy atom. The van der Waals surface area contributed by atoms with E-state index >= 15 is 0 Å². The Morgan fingerprint density at radius 3 is 2.59 bits per heavy atom. The first-order valence-corrected chi connectivity index (χ1v) is 9.97. The molecule has 0 radical (unpaired) electrons. The Balaban J connectivity index is 1.51. The van der Waals surface area contributed by atoms with E-state index in [-0.39, 0.29) is 0 Å². The van der Waals surface area contributed by atoms with E-state index in [1.807, 2.05) is 18.7 Å². The second-order valence-electron chi connectivity index (χ2n) is 7.78. The standard InChI is InChI=1S/C23H24N6/c1-27(2)22-9-6-19(17-10-12-24-13-11-17)15-28(22)21-5-3-4-18(14-21)23-26-25-16-29(23)20-7-8-20/h3-6,9-14,16,20H,7-8,15H2,1-2H3. The molecule has 1 fully saturated rings. The minimum Gasteiger partial charge on any atom is -0.364 e. The fraction of sp³-hybridized carbons (Fsp3) is 0.261. The van der Waals surface area contributed by atoms with Crippen LogP contribution in [0.3, 0.4) is 0 Å². The van der Waals surface area contributed by atoms with Crippen LogP contribution in [0.4, 0.5) is 5.69 Å². The van der Waals surface area contributed by atoms with Gasteiger partial charge in [0, 0.05) is 43.8 Å². The lowest BCUT2D eigenvalue weighted by atomic mass is 10.0. The third kappa shape index (κ3) is 3.42. The molecule has 1 saturated carbocycles. The summed E-state index contributed by atoms with van der Waals surface area (Å²) in [6.45, 7) is 0.798. The van der Waals surface area contributed by atoms with Gasteiger partial charge in [0.1, 0.15) is 12.1 Å². The Labute approximate surface area is 170 Å². The molecule has 5 rings (SSSR count). The molecule has 0 N–H and O–H groups in total. The Kier molecular flexibility index (Phi) is 4.39. The van der Waals surface area contributed by atoms with Crippen LogP contribution < -0.4 is 4.90 Å². The molecule has 6 nitrogen and oxygen atoms in total. The zero-order valence-corrected chi connectivity index (χ0v) is 16.7. The van der Waals surface area contributed by atoms with E-state index < -0.39 is 0 Å². The highest BCUT2D eigenvalue weighted by Gasteiger charge is 2.27. The van der Waals surface area contributed by atoms with Crippen LogP contribution in [-0.2, 0) is 0 Å². The number of anilines is 1. The molecule has 1 aliphatic heterocycles. The SMILES string of the molecule is CN(C)C1=CC=C(c2ccncc2)CN1c1cccc(-c2nncn2C2CC2)c1. The first kappa shape index (κ1) is 17.7. The van der Waals surface area contributed by atoms with E-state index in [9.17, 15) is 0 Å². The van der Waals surface area contributed by atoms with Crippen LogP contribution in [0.1, 0.15) is 24.4 Å². The van der Waals surface area contributed by atoms with Gasteiger partial charge in [0.15, 0.2) is 5.82 Å². The van der Waals surface area contributed by atoms with E-state index in [4.69, 9.17) is 0 Å². The van der Waals surface area contributed by atoms with Crippen molar-refractivity contribution in [1.82, 2.24) is 24.6 Å². The second-order valence-corrected chi connectivity index (χ2v) is 7.78. The topological polar surface area (TPSA) is 50.1 Å². The highest BCUT2D eigenvalue weighted by molar-refractivity contribution is 5.76. The van der Waals surface area contributed by atoms with Crippen LogP contribution in [0.2, 0.25) is 0 Å². The average Bonchev–Trinajstić information content (AvgIpc) is 3.50. The average molecular weight is 384 g/mol. The molecule has 0 saturated heterocycles. The maximum atomic E-state index is 4.40. The molecule has 0 spiro atoms. The van der Waals surface area contributed by atoms with Crippen molar-refractivity contribution in [2.24, 2.45) is 0 Å². The van der Waals surface area contributed by atoms with Gasteiger partial charge in [0.25, 0.3) is 0 Å². The van der Waals surface area contributed by atoms with Crippen LogP contribution in [0.15, 0.2) is 73.1 Å². The van der Waals surface area contributed by atoms with Gasteiger partial charge in [-0.1, -0.05) is 18.2 Å². The fourth-order valence-corrected chi connectivity index (χ4v) is 3.82. The van der Waals surface area contributed by atoms with Crippen molar-refractivity contribution in [1.29, 1.82) is 0 Å². The highest BCUT2D eigenvalue weighted by atomic mass is 15.3. The summed E-state index contributed by atoms with van der Waals surface area (Å²) in [5.74, 6) is 2.11. The summed E-state index contributed by atoms with van der Waals surface area (Å²) < 4.78 is 2.21. The van der Waals surface area contributed by atoms with Gasteiger partial charge < -0.3 is 14.4 Å². The Bertz CT molecular complexity index is 1080. The van der Waals surface area contributed by atoms with Gasteiger partial charge in [0.05, 0.1) is 6.54 Å². The molecule has 0 bridgehead atoms. The molecule has 6 heteroatoms. The van der Waals surface area contributed by atoms with Crippen molar-refractivity contribution in [2.75, 3.05) is 25.5 Å². The van der Waals surface area contributed by atoms with Crippen molar-refractivity contribution in [3.63, 3.8) is 0 Å². The van der Waals surface area contributed by atoms with E-state index in [2.05, 4.69) is 92.2 Å². The Hall–Kier alpha value is -3.41. The van der Waals surface area contributed by atoms with Crippen LogP contribution >= 0.6 is 0 Å². The van der Waals surface area contributed by atoms with Gasteiger partial charge >= 0.3 is 0 Å². The molecule has 0 atom stereocenters. The zero-order chi connectivity index (χ0) is 19.8. The maximum absolute atomic E-state index is 4.40. The normalized spacial score (nSPS) is 16.4. The summed E-state index contributed by atoms with van der Waals surface area (Å²) in [6, 6.07) is 13.3. The lowest BCUT2D eigenvalue weighted by Gasteiger charge is -2.35. The number of pyridine rings is 1. The van der Waals surface area contributed by atoms with Gasteiger partial charge in [-0.25, -0.2) is 0 Å². The molecule has 1 aromatic carbocycles. The minimum absolute atomic E-state index is 0.553. The molecule has 29 heavy (non-hydrogen) atoms. The van der Waals surface area contributed by atoms with Gasteiger partial charge in [0.2, 0.25) is 0 Å². The first-order chi connectivity index (χ1) is 14.2. The van der Waals surface area contributed by atoms with E-state index in [0.717, 1.165) is 29.4 Å². The molecular formula is C23H24N6. The summed E-state index contributed by atoms with van der Waals surface area (Å²) in [5, 5.41) is 8.56. The predicted molar refractivity (Wildman–Crippen MR) is 115 cm³/mol. The van der Waals surface area contributed by atoms with Crippen LogP contribution in [-0.4, -0.2) is 45.3 Å². The summed E-state index contributed by atoms with van der Waals surface area (Å²) >= 11 is 0. The molecule has 2 aromatic heterocycles. The van der Waals surface area contributed by atoms with Crippen molar-refractivity contribution < 1.29 is 0 Å². The molecule has 2 aliphatic rings. The van der Waals surface area contributed by atoms with Gasteiger partial charge in [-0.05, 0) is 54.3 Å². The summed E-state index contributed by atoms with van der Waals surface area (Å²) in [6.07, 6.45) is 12.4. The number of hydrogen-bond donors (Lipinski definition) is 0. The number of hydrogen-bond acceptors (Lipinski definition) is 5. The first-order valence-electron chi connectivity index (χ1n) is 9.97. The third-order valence-corrected chi connectivity index (χ3v) is 5.48. The number of nitrogens with zero attached hydrogens (tertiary/aromatic N) is 6. The summed E-state index contributed by atoms with van der Waals surface area (Å²) in [7, 11) is 4.16. The van der Waals surface area contributed by atoms with Gasteiger partial charge in [-0.3, -0.25) is 4.98 Å². The highest BCUT2D eigenvalue weighted by Crippen LogP contribution is 2.38. The maximum Gasteiger partial charge on any atom is 0.164 e. The van der Waals surface area contributed by atoms with E-state index in [1.54, 1.807) is 0 Å². The summed E-state index contributed by atoms with van der Waals surface area (Å²) in [5.41, 5.74) is 4.71. The number of benzene rings is 1. The largest absolute Gasteiger partial charge is 0.364 e. The van der Waals surface area contributed by atoms with Crippen molar-refractivity contribution in [2.45, 2.75) is 18.9 Å². The zero-order valence-electron chi connectivity index (χ0n) is 16.7. The number of allylic oxidation sites excluding steroid dienone is 2. The monoisotopic (exact) mass is 384 g/mol. The molecule has 146 valence electrons. The van der Waals surface area contributed by atoms with Crippen molar-refractivity contribution in [3.8, 4) is 11.4 Å². The smallest absolute Gasteiger partial charge is 0.164 e. The number of rotatable bonds is 5. The molecule has 0 unspecified atom stereocenters. The van der Waals surface area contributed by atoms with Crippen LogP contribution in [0.5, 0.6) is 0 Å². The minimum atomic E-state index is 0.553. The summed E-state index contributed by atoms with van der Waals surface area (Å²) in [4.78, 5) is 8.64. The second kappa shape index (κ2) is 7.20. The van der Waals surface area contributed by atoms with E-state index in [0.29, 0.717) is 6.04 Å². The molecule has 3 heterocycles. The molecule has 1 aliphatic carbocycles. The van der Waals surface area contributed by atoms with Gasteiger partial charge in [-0.2, -0.15) is 0 Å². The van der Waals surface area contributed by atoms with Crippen molar-refractivity contribution >= 4 is 11.3 Å². The van der Waals surface area contributed by atoms with Crippen LogP contribution in [0.25, 0.3) is 17.0 Å².